The molecule has 0 aliphatic heterocycles. The second-order valence-electron chi connectivity index (χ2n) is 2.98. The lowest BCUT2D eigenvalue weighted by Crippen LogP contribution is -2.23. The van der Waals surface area contributed by atoms with Crippen molar-refractivity contribution in [2.24, 2.45) is 5.14 Å². The molecule has 94 valence electrons. The van der Waals surface area contributed by atoms with Crippen LogP contribution >= 0.6 is 0 Å². The van der Waals surface area contributed by atoms with E-state index in [1.165, 1.54) is 0 Å². The van der Waals surface area contributed by atoms with Crippen molar-refractivity contribution in [1.29, 1.82) is 0 Å². The van der Waals surface area contributed by atoms with Crippen LogP contribution in [0.2, 0.25) is 0 Å². The first kappa shape index (κ1) is 13.5. The van der Waals surface area contributed by atoms with E-state index in [2.05, 4.69) is 0 Å². The van der Waals surface area contributed by atoms with Crippen molar-refractivity contribution in [3.8, 4) is 0 Å². The fourth-order valence-electron chi connectivity index (χ4n) is 1.04. The Balaban J connectivity index is 3.22. The maximum absolute atomic E-state index is 12.8. The van der Waals surface area contributed by atoms with E-state index < -0.39 is 38.8 Å². The monoisotopic (exact) mass is 268 g/mol. The summed E-state index contributed by atoms with van der Waals surface area (Å²) in [6.45, 7) is 0. The molecule has 1 amide bonds. The molecule has 0 aliphatic carbocycles. The quantitative estimate of drug-likeness (QED) is 0.844. The van der Waals surface area contributed by atoms with Crippen LogP contribution in [0, 0.1) is 5.82 Å². The Kier molecular flexibility index (Phi) is 3.73. The maximum Gasteiger partial charge on any atom is 0.315 e. The van der Waals surface area contributed by atoms with Crippen molar-refractivity contribution in [2.45, 2.75) is 11.3 Å². The third kappa shape index (κ3) is 3.43. The van der Waals surface area contributed by atoms with Crippen molar-refractivity contribution in [1.82, 2.24) is 0 Å². The third-order valence-corrected chi connectivity index (χ3v) is 2.67. The summed E-state index contributed by atoms with van der Waals surface area (Å²) < 4.78 is 58.8. The molecule has 5 nitrogen and oxygen atoms in total. The molecule has 0 bridgehead atoms. The molecule has 0 fully saturated rings. The molecule has 17 heavy (non-hydrogen) atoms. The Bertz CT molecular complexity index is 545. The highest BCUT2D eigenvalue weighted by atomic mass is 32.2. The number of nitrogens with one attached hydrogen (secondary N) is 1. The Morgan fingerprint density at radius 2 is 1.94 bits per heavy atom. The molecule has 0 heterocycles. The number of hydrogen-bond acceptors (Lipinski definition) is 3. The van der Waals surface area contributed by atoms with Crippen LogP contribution in [0.25, 0.3) is 0 Å². The molecular weight excluding hydrogens is 261 g/mol. The van der Waals surface area contributed by atoms with E-state index in [0.717, 1.165) is 12.1 Å². The number of amides is 1. The molecule has 1 aromatic rings. The summed E-state index contributed by atoms with van der Waals surface area (Å²) in [4.78, 5) is 10.0. The summed E-state index contributed by atoms with van der Waals surface area (Å²) in [7, 11) is -4.25. The number of nitrogens with two attached hydrogens (primary N) is 1. The lowest BCUT2D eigenvalue weighted by Gasteiger charge is -2.09. The van der Waals surface area contributed by atoms with Crippen LogP contribution in [0.3, 0.4) is 0 Å². The lowest BCUT2D eigenvalue weighted by atomic mass is 10.3. The van der Waals surface area contributed by atoms with Gasteiger partial charge in [0.15, 0.2) is 0 Å². The largest absolute Gasteiger partial charge is 0.320 e. The van der Waals surface area contributed by atoms with Gasteiger partial charge in [0, 0.05) is 0 Å². The van der Waals surface area contributed by atoms with Crippen LogP contribution in [0.1, 0.15) is 0 Å². The standard InChI is InChI=1S/C8H7F3N2O3S/c9-4-1-2-6(17(12,15)16)5(3-4)13-8(14)7(10)11/h1-3,7H,(H,13,14)(H2,12,15,16). The molecule has 1 rings (SSSR count). The number of primary sulfonamides is 1. The highest BCUT2D eigenvalue weighted by Gasteiger charge is 2.20. The molecule has 9 heteroatoms. The number of anilines is 1. The molecule has 1 aromatic carbocycles. The fourth-order valence-corrected chi connectivity index (χ4v) is 1.71. The summed E-state index contributed by atoms with van der Waals surface area (Å²) in [6, 6.07) is 2.13. The first-order valence-electron chi connectivity index (χ1n) is 4.13. The van der Waals surface area contributed by atoms with Crippen molar-refractivity contribution in [2.75, 3.05) is 5.32 Å². The lowest BCUT2D eigenvalue weighted by molar-refractivity contribution is -0.126. The number of sulfonamides is 1. The SMILES string of the molecule is NS(=O)(=O)c1ccc(F)cc1NC(=O)C(F)F. The molecule has 0 aromatic heterocycles. The first-order valence-corrected chi connectivity index (χ1v) is 5.68. The highest BCUT2D eigenvalue weighted by molar-refractivity contribution is 7.89. The predicted octanol–water partition coefficient (Wildman–Crippen LogP) is 0.677. The molecule has 0 radical (unpaired) electrons. The minimum absolute atomic E-state index is 0.583. The van der Waals surface area contributed by atoms with Crippen LogP contribution < -0.4 is 10.5 Å². The number of carbonyl (C=O) groups excluding carboxylic acids is 1. The Labute approximate surface area is 94.5 Å². The zero-order valence-electron chi connectivity index (χ0n) is 8.15. The van der Waals surface area contributed by atoms with Crippen molar-refractivity contribution < 1.29 is 26.4 Å². The summed E-state index contributed by atoms with van der Waals surface area (Å²) in [5.74, 6) is -2.65. The van der Waals surface area contributed by atoms with Gasteiger partial charge < -0.3 is 5.32 Å². The van der Waals surface area contributed by atoms with Crippen LogP contribution in [-0.4, -0.2) is 20.8 Å². The van der Waals surface area contributed by atoms with Gasteiger partial charge >= 0.3 is 6.43 Å². The van der Waals surface area contributed by atoms with Gasteiger partial charge in [-0.1, -0.05) is 0 Å². The Morgan fingerprint density at radius 3 is 2.41 bits per heavy atom. The predicted molar refractivity (Wildman–Crippen MR) is 52.4 cm³/mol. The normalized spacial score (nSPS) is 11.6. The van der Waals surface area contributed by atoms with E-state index in [1.54, 1.807) is 5.32 Å². The maximum atomic E-state index is 12.8. The minimum Gasteiger partial charge on any atom is -0.320 e. The van der Waals surface area contributed by atoms with Gasteiger partial charge in [-0.25, -0.2) is 17.9 Å². The molecule has 0 aliphatic rings. The smallest absolute Gasteiger partial charge is 0.315 e. The first-order chi connectivity index (χ1) is 7.71. The number of benzene rings is 1. The van der Waals surface area contributed by atoms with Crippen LogP contribution in [-0.2, 0) is 14.8 Å². The number of hydrogen-bond donors (Lipinski definition) is 2. The van der Waals surface area contributed by atoms with Crippen LogP contribution in [0.4, 0.5) is 18.9 Å². The molecule has 0 unspecified atom stereocenters. The summed E-state index contributed by atoms with van der Waals surface area (Å²) in [6.07, 6.45) is -3.36. The topological polar surface area (TPSA) is 89.3 Å². The number of carbonyl (C=O) groups is 1. The molecule has 0 saturated heterocycles. The van der Waals surface area contributed by atoms with Gasteiger partial charge in [0.2, 0.25) is 10.0 Å². The summed E-state index contributed by atoms with van der Waals surface area (Å²) >= 11 is 0. The Hall–Kier alpha value is -1.61. The number of rotatable bonds is 3. The van der Waals surface area contributed by atoms with Gasteiger partial charge in [-0.3, -0.25) is 4.79 Å². The van der Waals surface area contributed by atoms with Gasteiger partial charge in [-0.05, 0) is 18.2 Å². The van der Waals surface area contributed by atoms with Crippen LogP contribution in [0.15, 0.2) is 23.1 Å². The zero-order chi connectivity index (χ0) is 13.2. The average molecular weight is 268 g/mol. The minimum atomic E-state index is -4.25. The second kappa shape index (κ2) is 4.72. The molecular formula is C8H7F3N2O3S. The highest BCUT2D eigenvalue weighted by Crippen LogP contribution is 2.21. The van der Waals surface area contributed by atoms with E-state index in [-0.39, 0.29) is 0 Å². The Morgan fingerprint density at radius 1 is 1.35 bits per heavy atom. The average Bonchev–Trinajstić information content (AvgIpc) is 2.15. The number of alkyl halides is 2. The van der Waals surface area contributed by atoms with Gasteiger partial charge in [-0.2, -0.15) is 8.78 Å². The molecule has 0 saturated carbocycles. The van der Waals surface area contributed by atoms with Gasteiger partial charge in [-0.15, -0.1) is 0 Å². The second-order valence-corrected chi connectivity index (χ2v) is 4.51. The fraction of sp³-hybridized carbons (Fsp3) is 0.125. The molecule has 0 atom stereocenters. The number of halogens is 3. The summed E-state index contributed by atoms with van der Waals surface area (Å²) in [5, 5.41) is 6.34. The van der Waals surface area contributed by atoms with Gasteiger partial charge in [0.1, 0.15) is 10.7 Å². The van der Waals surface area contributed by atoms with Gasteiger partial charge in [0.05, 0.1) is 5.69 Å². The van der Waals surface area contributed by atoms with Gasteiger partial charge in [0.25, 0.3) is 5.91 Å². The van der Waals surface area contributed by atoms with E-state index in [4.69, 9.17) is 5.14 Å². The van der Waals surface area contributed by atoms with Crippen molar-refractivity contribution in [3.63, 3.8) is 0 Å². The van der Waals surface area contributed by atoms with E-state index in [0.29, 0.717) is 6.07 Å². The van der Waals surface area contributed by atoms with E-state index in [1.807, 2.05) is 0 Å². The summed E-state index contributed by atoms with van der Waals surface area (Å²) in [5.41, 5.74) is -0.627. The van der Waals surface area contributed by atoms with Crippen LogP contribution in [0.5, 0.6) is 0 Å². The van der Waals surface area contributed by atoms with E-state index >= 15 is 0 Å². The van der Waals surface area contributed by atoms with Crippen molar-refractivity contribution >= 4 is 21.6 Å². The third-order valence-electron chi connectivity index (χ3n) is 1.70. The molecule has 3 N–H and O–H groups in total. The van der Waals surface area contributed by atoms with Crippen molar-refractivity contribution in [3.05, 3.63) is 24.0 Å². The zero-order valence-corrected chi connectivity index (χ0v) is 8.97. The molecule has 0 spiro atoms. The van der Waals surface area contributed by atoms with E-state index in [9.17, 15) is 26.4 Å².